The van der Waals surface area contributed by atoms with E-state index in [1.54, 1.807) is 6.07 Å². The third kappa shape index (κ3) is 5.82. The van der Waals surface area contributed by atoms with Gasteiger partial charge in [0.05, 0.1) is 12.2 Å². The zero-order valence-corrected chi connectivity index (χ0v) is 19.0. The van der Waals surface area contributed by atoms with Crippen LogP contribution in [0.1, 0.15) is 24.0 Å². The first-order valence-electron chi connectivity index (χ1n) is 11.2. The maximum atomic E-state index is 12.5. The minimum absolute atomic E-state index is 0.0747. The molecule has 2 aromatic rings. The molecule has 0 aliphatic carbocycles. The molecule has 0 saturated carbocycles. The lowest BCUT2D eigenvalue weighted by atomic mass is 10.1. The van der Waals surface area contributed by atoms with Crippen molar-refractivity contribution in [3.63, 3.8) is 0 Å². The van der Waals surface area contributed by atoms with Crippen molar-refractivity contribution in [2.45, 2.75) is 19.4 Å². The van der Waals surface area contributed by atoms with Gasteiger partial charge >= 0.3 is 0 Å². The maximum Gasteiger partial charge on any atom is 0.250 e. The SMILES string of the molecule is O=C(NCCCCN1CCN(c2cccc(CO)c2)CC1)C1=Cc2cc(Cl)ccc2OC1. The zero-order chi connectivity index (χ0) is 22.3. The van der Waals surface area contributed by atoms with Crippen molar-refractivity contribution in [1.29, 1.82) is 0 Å². The lowest BCUT2D eigenvalue weighted by Crippen LogP contribution is -2.46. The molecule has 6 nitrogen and oxygen atoms in total. The van der Waals surface area contributed by atoms with E-state index in [0.717, 1.165) is 62.4 Å². The van der Waals surface area contributed by atoms with Crippen LogP contribution in [0, 0.1) is 0 Å². The smallest absolute Gasteiger partial charge is 0.250 e. The van der Waals surface area contributed by atoms with E-state index in [4.69, 9.17) is 16.3 Å². The molecule has 0 bridgehead atoms. The van der Waals surface area contributed by atoms with Crippen molar-refractivity contribution in [3.8, 4) is 5.75 Å². The number of ether oxygens (including phenoxy) is 1. The molecule has 4 rings (SSSR count). The van der Waals surface area contributed by atoms with Crippen molar-refractivity contribution in [2.75, 3.05) is 50.8 Å². The fourth-order valence-corrected chi connectivity index (χ4v) is 4.32. The van der Waals surface area contributed by atoms with Crippen LogP contribution in [0.5, 0.6) is 5.75 Å². The molecule has 170 valence electrons. The van der Waals surface area contributed by atoms with Crippen LogP contribution in [0.2, 0.25) is 5.02 Å². The van der Waals surface area contributed by atoms with Crippen LogP contribution < -0.4 is 15.0 Å². The Kier molecular flexibility index (Phi) is 7.68. The topological polar surface area (TPSA) is 65.0 Å². The average molecular weight is 456 g/mol. The second-order valence-electron chi connectivity index (χ2n) is 8.26. The quantitative estimate of drug-likeness (QED) is 0.598. The second-order valence-corrected chi connectivity index (χ2v) is 8.70. The Bertz CT molecular complexity index is 971. The van der Waals surface area contributed by atoms with Gasteiger partial charge in [0.1, 0.15) is 12.4 Å². The van der Waals surface area contributed by atoms with Gasteiger partial charge in [-0.15, -0.1) is 0 Å². The van der Waals surface area contributed by atoms with Crippen LogP contribution in [0.3, 0.4) is 0 Å². The van der Waals surface area contributed by atoms with E-state index in [1.807, 2.05) is 30.3 Å². The van der Waals surface area contributed by atoms with E-state index >= 15 is 0 Å². The molecule has 2 aliphatic rings. The number of amides is 1. The van der Waals surface area contributed by atoms with E-state index in [-0.39, 0.29) is 19.1 Å². The maximum absolute atomic E-state index is 12.5. The Morgan fingerprint density at radius 2 is 1.94 bits per heavy atom. The van der Waals surface area contributed by atoms with Gasteiger partial charge in [-0.3, -0.25) is 9.69 Å². The van der Waals surface area contributed by atoms with Gasteiger partial charge in [0.2, 0.25) is 0 Å². The van der Waals surface area contributed by atoms with Crippen LogP contribution in [0.4, 0.5) is 5.69 Å². The number of carbonyl (C=O) groups excluding carboxylic acids is 1. The van der Waals surface area contributed by atoms with Crippen LogP contribution in [-0.2, 0) is 11.4 Å². The van der Waals surface area contributed by atoms with E-state index in [1.165, 1.54) is 5.69 Å². The summed E-state index contributed by atoms with van der Waals surface area (Å²) in [7, 11) is 0. The number of anilines is 1. The summed E-state index contributed by atoms with van der Waals surface area (Å²) in [5.74, 6) is 0.682. The minimum Gasteiger partial charge on any atom is -0.488 e. The molecule has 0 unspecified atom stereocenters. The molecule has 0 radical (unpaired) electrons. The summed E-state index contributed by atoms with van der Waals surface area (Å²) in [6, 6.07) is 13.6. The average Bonchev–Trinajstić information content (AvgIpc) is 2.83. The molecule has 0 spiro atoms. The van der Waals surface area contributed by atoms with Gasteiger partial charge in [0, 0.05) is 49.0 Å². The summed E-state index contributed by atoms with van der Waals surface area (Å²) in [6.07, 6.45) is 3.85. The largest absolute Gasteiger partial charge is 0.488 e. The van der Waals surface area contributed by atoms with Crippen molar-refractivity contribution in [2.24, 2.45) is 0 Å². The fourth-order valence-electron chi connectivity index (χ4n) is 4.14. The van der Waals surface area contributed by atoms with E-state index in [0.29, 0.717) is 17.1 Å². The molecule has 2 N–H and O–H groups in total. The molecule has 0 atom stereocenters. The van der Waals surface area contributed by atoms with Crippen molar-refractivity contribution < 1.29 is 14.6 Å². The Morgan fingerprint density at radius 1 is 1.09 bits per heavy atom. The highest BCUT2D eigenvalue weighted by Crippen LogP contribution is 2.29. The predicted molar refractivity (Wildman–Crippen MR) is 128 cm³/mol. The van der Waals surface area contributed by atoms with E-state index < -0.39 is 0 Å². The van der Waals surface area contributed by atoms with Gasteiger partial charge in [0.15, 0.2) is 0 Å². The van der Waals surface area contributed by atoms with Gasteiger partial charge in [-0.05, 0) is 61.4 Å². The number of fused-ring (bicyclic) bond motifs is 1. The Morgan fingerprint density at radius 3 is 2.75 bits per heavy atom. The van der Waals surface area contributed by atoms with Crippen molar-refractivity contribution >= 4 is 29.3 Å². The molecule has 0 aromatic heterocycles. The lowest BCUT2D eigenvalue weighted by molar-refractivity contribution is -0.117. The highest BCUT2D eigenvalue weighted by Gasteiger charge is 2.18. The Labute approximate surface area is 194 Å². The van der Waals surface area contributed by atoms with Gasteiger partial charge in [-0.2, -0.15) is 0 Å². The summed E-state index contributed by atoms with van der Waals surface area (Å²) < 4.78 is 5.66. The van der Waals surface area contributed by atoms with Crippen molar-refractivity contribution in [3.05, 3.63) is 64.2 Å². The number of piperazine rings is 1. The Balaban J connectivity index is 1.14. The van der Waals surface area contributed by atoms with E-state index in [9.17, 15) is 9.90 Å². The number of aliphatic hydroxyl groups is 1. The lowest BCUT2D eigenvalue weighted by Gasteiger charge is -2.36. The summed E-state index contributed by atoms with van der Waals surface area (Å²) in [5, 5.41) is 13.0. The Hall–Kier alpha value is -2.54. The number of unbranched alkanes of at least 4 members (excludes halogenated alkanes) is 1. The monoisotopic (exact) mass is 455 g/mol. The first-order valence-corrected chi connectivity index (χ1v) is 11.6. The van der Waals surface area contributed by atoms with Gasteiger partial charge in [-0.25, -0.2) is 0 Å². The third-order valence-electron chi connectivity index (χ3n) is 5.99. The molecule has 1 saturated heterocycles. The van der Waals surface area contributed by atoms with Crippen LogP contribution in [0.15, 0.2) is 48.0 Å². The highest BCUT2D eigenvalue weighted by atomic mass is 35.5. The summed E-state index contributed by atoms with van der Waals surface area (Å²) in [6.45, 7) is 6.10. The van der Waals surface area contributed by atoms with Crippen LogP contribution in [0.25, 0.3) is 6.08 Å². The normalized spacial score (nSPS) is 16.2. The first-order chi connectivity index (χ1) is 15.6. The molecular weight excluding hydrogens is 426 g/mol. The van der Waals surface area contributed by atoms with Crippen LogP contribution >= 0.6 is 11.6 Å². The van der Waals surface area contributed by atoms with Crippen LogP contribution in [-0.4, -0.2) is 61.8 Å². The molecular formula is C25H30ClN3O3. The number of nitrogens with zero attached hydrogens (tertiary/aromatic N) is 2. The second kappa shape index (κ2) is 10.9. The number of rotatable bonds is 8. The van der Waals surface area contributed by atoms with Gasteiger partial charge in [-0.1, -0.05) is 23.7 Å². The first kappa shape index (κ1) is 22.6. The predicted octanol–water partition coefficient (Wildman–Crippen LogP) is 3.33. The number of hydrogen-bond acceptors (Lipinski definition) is 5. The molecule has 2 heterocycles. The molecule has 1 amide bonds. The highest BCUT2D eigenvalue weighted by molar-refractivity contribution is 6.30. The summed E-state index contributed by atoms with van der Waals surface area (Å²) >= 11 is 6.04. The number of halogens is 1. The molecule has 32 heavy (non-hydrogen) atoms. The molecule has 7 heteroatoms. The number of aliphatic hydroxyl groups excluding tert-OH is 1. The van der Waals surface area contributed by atoms with Gasteiger partial charge in [0.25, 0.3) is 5.91 Å². The number of benzene rings is 2. The standard InChI is InChI=1S/C25H30ClN3O3/c26-22-6-7-24-20(16-22)15-21(18-32-24)25(31)27-8-1-2-9-28-10-12-29(13-11-28)23-5-3-4-19(14-23)17-30/h3-7,14-16,30H,1-2,8-13,17-18H2,(H,27,31). The fraction of sp³-hybridized carbons (Fsp3) is 0.400. The van der Waals surface area contributed by atoms with Gasteiger partial charge < -0.3 is 20.1 Å². The molecule has 1 fully saturated rings. The zero-order valence-electron chi connectivity index (χ0n) is 18.2. The number of nitrogens with one attached hydrogen (secondary N) is 1. The molecule has 2 aliphatic heterocycles. The summed E-state index contributed by atoms with van der Waals surface area (Å²) in [4.78, 5) is 17.3. The summed E-state index contributed by atoms with van der Waals surface area (Å²) in [5.41, 5.74) is 3.61. The van der Waals surface area contributed by atoms with E-state index in [2.05, 4.69) is 27.2 Å². The van der Waals surface area contributed by atoms with Crippen molar-refractivity contribution in [1.82, 2.24) is 10.2 Å². The number of hydrogen-bond donors (Lipinski definition) is 2. The third-order valence-corrected chi connectivity index (χ3v) is 6.23. The number of carbonyl (C=O) groups is 1. The molecule has 2 aromatic carbocycles. The minimum atomic E-state index is -0.0747.